The summed E-state index contributed by atoms with van der Waals surface area (Å²) in [5.74, 6) is 0.165. The summed E-state index contributed by atoms with van der Waals surface area (Å²) >= 11 is 0. The van der Waals surface area contributed by atoms with Crippen LogP contribution in [0.1, 0.15) is 33.1 Å². The molecule has 0 aliphatic rings. The number of imidazole rings is 1. The molecule has 0 aliphatic carbocycles. The number of anilines is 1. The predicted molar refractivity (Wildman–Crippen MR) is 121 cm³/mol. The van der Waals surface area contributed by atoms with Gasteiger partial charge in [-0.1, -0.05) is 18.2 Å². The molecule has 0 bridgehead atoms. The molecular formula is C24H21FN6O. The van der Waals surface area contributed by atoms with Crippen LogP contribution >= 0.6 is 0 Å². The quantitative estimate of drug-likeness (QED) is 0.443. The first-order chi connectivity index (χ1) is 15.4. The smallest absolute Gasteiger partial charge is 0.256 e. The van der Waals surface area contributed by atoms with Crippen molar-refractivity contribution < 1.29 is 9.18 Å². The number of amides is 1. The van der Waals surface area contributed by atoms with Crippen LogP contribution in [0, 0.1) is 19.7 Å². The first kappa shape index (κ1) is 19.9. The van der Waals surface area contributed by atoms with E-state index in [0.29, 0.717) is 34.7 Å². The molecule has 0 saturated carbocycles. The molecule has 0 unspecified atom stereocenters. The Hall–Kier alpha value is -4.07. The third-order valence-electron chi connectivity index (χ3n) is 5.45. The van der Waals surface area contributed by atoms with Crippen molar-refractivity contribution in [3.05, 3.63) is 82.7 Å². The second-order valence-corrected chi connectivity index (χ2v) is 7.86. The van der Waals surface area contributed by atoms with E-state index in [1.807, 2.05) is 33.0 Å². The molecule has 0 saturated heterocycles. The normalized spacial score (nSPS) is 11.4. The number of carbonyl (C=O) groups is 1. The van der Waals surface area contributed by atoms with Crippen molar-refractivity contribution in [3.8, 4) is 0 Å². The van der Waals surface area contributed by atoms with Crippen molar-refractivity contribution in [2.75, 3.05) is 5.32 Å². The van der Waals surface area contributed by atoms with E-state index >= 15 is 0 Å². The van der Waals surface area contributed by atoms with Crippen LogP contribution in [-0.2, 0) is 13.5 Å². The van der Waals surface area contributed by atoms with Gasteiger partial charge in [0.1, 0.15) is 11.6 Å². The third kappa shape index (κ3) is 3.49. The van der Waals surface area contributed by atoms with Gasteiger partial charge in [-0.3, -0.25) is 9.48 Å². The summed E-state index contributed by atoms with van der Waals surface area (Å²) < 4.78 is 15.7. The van der Waals surface area contributed by atoms with Crippen LogP contribution in [0.4, 0.5) is 10.1 Å². The number of H-pyrrole nitrogens is 1. The van der Waals surface area contributed by atoms with Crippen molar-refractivity contribution >= 4 is 33.7 Å². The number of rotatable bonds is 4. The number of fused-ring (bicyclic) bond motifs is 2. The van der Waals surface area contributed by atoms with Crippen molar-refractivity contribution in [2.45, 2.75) is 20.3 Å². The van der Waals surface area contributed by atoms with Crippen molar-refractivity contribution in [1.29, 1.82) is 0 Å². The summed E-state index contributed by atoms with van der Waals surface area (Å²) in [7, 11) is 1.81. The van der Waals surface area contributed by atoms with E-state index in [-0.39, 0.29) is 11.7 Å². The second-order valence-electron chi connectivity index (χ2n) is 7.86. The maximum atomic E-state index is 14.0. The number of carbonyl (C=O) groups excluding carboxylic acids is 1. The number of aryl methyl sites for hydroxylation is 3. The zero-order valence-electron chi connectivity index (χ0n) is 17.9. The fourth-order valence-corrected chi connectivity index (χ4v) is 3.99. The zero-order valence-corrected chi connectivity index (χ0v) is 17.9. The number of hydrogen-bond donors (Lipinski definition) is 2. The summed E-state index contributed by atoms with van der Waals surface area (Å²) in [5.41, 5.74) is 5.42. The van der Waals surface area contributed by atoms with Crippen LogP contribution in [-0.4, -0.2) is 30.6 Å². The highest BCUT2D eigenvalue weighted by atomic mass is 19.1. The van der Waals surface area contributed by atoms with Crippen LogP contribution in [0.3, 0.4) is 0 Å². The minimum atomic E-state index is -0.259. The molecule has 2 N–H and O–H groups in total. The first-order valence-electron chi connectivity index (χ1n) is 10.2. The summed E-state index contributed by atoms with van der Waals surface area (Å²) in [5, 5.41) is 8.10. The number of aromatic nitrogens is 5. The average Bonchev–Trinajstić information content (AvgIpc) is 3.28. The van der Waals surface area contributed by atoms with Gasteiger partial charge in [0, 0.05) is 24.8 Å². The molecule has 3 aromatic heterocycles. The highest BCUT2D eigenvalue weighted by Crippen LogP contribution is 2.24. The van der Waals surface area contributed by atoms with Crippen molar-refractivity contribution in [2.24, 2.45) is 7.05 Å². The molecule has 2 aromatic carbocycles. The number of nitrogens with zero attached hydrogens (tertiary/aromatic N) is 4. The maximum Gasteiger partial charge on any atom is 0.256 e. The Kier molecular flexibility index (Phi) is 4.70. The fourth-order valence-electron chi connectivity index (χ4n) is 3.99. The van der Waals surface area contributed by atoms with Crippen molar-refractivity contribution in [3.63, 3.8) is 0 Å². The number of nitrogens with one attached hydrogen (secondary N) is 2. The van der Waals surface area contributed by atoms with Crippen LogP contribution in [0.5, 0.6) is 0 Å². The van der Waals surface area contributed by atoms with Gasteiger partial charge in [-0.2, -0.15) is 5.10 Å². The van der Waals surface area contributed by atoms with Gasteiger partial charge in [-0.25, -0.2) is 14.4 Å². The fraction of sp³-hybridized carbons (Fsp3) is 0.167. The van der Waals surface area contributed by atoms with Gasteiger partial charge in [0.25, 0.3) is 5.91 Å². The number of benzene rings is 2. The number of aromatic amines is 1. The lowest BCUT2D eigenvalue weighted by Crippen LogP contribution is -2.13. The monoisotopic (exact) mass is 428 g/mol. The average molecular weight is 428 g/mol. The molecule has 160 valence electrons. The largest absolute Gasteiger partial charge is 0.342 e. The standard InChI is InChI=1S/C24H21FN6O/c1-13-10-17(22-14(2)30-31(3)23(22)26-13)24(32)27-16-8-9-19-20(12-16)29-21(28-19)11-15-6-4-5-7-18(15)25/h4-10,12H,11H2,1-3H3,(H,27,32)(H,28,29). The molecule has 0 radical (unpaired) electrons. The zero-order chi connectivity index (χ0) is 22.4. The summed E-state index contributed by atoms with van der Waals surface area (Å²) in [6.07, 6.45) is 0.359. The Morgan fingerprint density at radius 3 is 2.75 bits per heavy atom. The first-order valence-corrected chi connectivity index (χ1v) is 10.2. The lowest BCUT2D eigenvalue weighted by molar-refractivity contribution is 0.102. The van der Waals surface area contributed by atoms with E-state index in [4.69, 9.17) is 0 Å². The molecule has 3 heterocycles. The molecule has 0 spiro atoms. The van der Waals surface area contributed by atoms with E-state index in [1.165, 1.54) is 6.07 Å². The van der Waals surface area contributed by atoms with Crippen LogP contribution in [0.15, 0.2) is 48.5 Å². The van der Waals surface area contributed by atoms with Crippen molar-refractivity contribution in [1.82, 2.24) is 24.7 Å². The van der Waals surface area contributed by atoms with Crippen LogP contribution in [0.2, 0.25) is 0 Å². The molecular weight excluding hydrogens is 407 g/mol. The summed E-state index contributed by atoms with van der Waals surface area (Å²) in [6.45, 7) is 3.72. The van der Waals surface area contributed by atoms with Gasteiger partial charge in [-0.15, -0.1) is 0 Å². The molecule has 0 aliphatic heterocycles. The van der Waals surface area contributed by atoms with Gasteiger partial charge >= 0.3 is 0 Å². The Morgan fingerprint density at radius 2 is 1.94 bits per heavy atom. The minimum Gasteiger partial charge on any atom is -0.342 e. The molecule has 7 nitrogen and oxygen atoms in total. The minimum absolute atomic E-state index is 0.234. The van der Waals surface area contributed by atoms with E-state index in [2.05, 4.69) is 25.4 Å². The van der Waals surface area contributed by atoms with Gasteiger partial charge < -0.3 is 10.3 Å². The topological polar surface area (TPSA) is 88.5 Å². The third-order valence-corrected chi connectivity index (χ3v) is 5.45. The molecule has 5 aromatic rings. The van der Waals surface area contributed by atoms with Gasteiger partial charge in [0.2, 0.25) is 0 Å². The van der Waals surface area contributed by atoms with Gasteiger partial charge in [-0.05, 0) is 49.7 Å². The lowest BCUT2D eigenvalue weighted by atomic mass is 10.1. The summed E-state index contributed by atoms with van der Waals surface area (Å²) in [4.78, 5) is 25.4. The molecule has 8 heteroatoms. The number of hydrogen-bond acceptors (Lipinski definition) is 4. The highest BCUT2D eigenvalue weighted by molar-refractivity contribution is 6.13. The molecule has 32 heavy (non-hydrogen) atoms. The Labute approximate surface area is 183 Å². The van der Waals surface area contributed by atoms with Crippen LogP contribution in [0.25, 0.3) is 22.1 Å². The number of pyridine rings is 1. The Morgan fingerprint density at radius 1 is 1.12 bits per heavy atom. The van der Waals surface area contributed by atoms with E-state index in [9.17, 15) is 9.18 Å². The Bertz CT molecular complexity index is 1500. The molecule has 0 atom stereocenters. The van der Waals surface area contributed by atoms with E-state index in [0.717, 1.165) is 27.8 Å². The Balaban J connectivity index is 1.44. The molecule has 5 rings (SSSR count). The molecule has 1 amide bonds. The molecule has 0 fully saturated rings. The second kappa shape index (κ2) is 7.56. The highest BCUT2D eigenvalue weighted by Gasteiger charge is 2.18. The summed E-state index contributed by atoms with van der Waals surface area (Å²) in [6, 6.07) is 13.9. The predicted octanol–water partition coefficient (Wildman–Crippen LogP) is 4.44. The SMILES string of the molecule is Cc1cc(C(=O)Nc2ccc3nc(Cc4ccccc4F)[nH]c3c2)c2c(C)nn(C)c2n1. The van der Waals surface area contributed by atoms with Gasteiger partial charge in [0.05, 0.1) is 27.7 Å². The van der Waals surface area contributed by atoms with Gasteiger partial charge in [0.15, 0.2) is 5.65 Å². The lowest BCUT2D eigenvalue weighted by Gasteiger charge is -2.08. The van der Waals surface area contributed by atoms with E-state index in [1.54, 1.807) is 35.0 Å². The van der Waals surface area contributed by atoms with E-state index < -0.39 is 0 Å². The number of halogens is 1. The van der Waals surface area contributed by atoms with Crippen LogP contribution < -0.4 is 5.32 Å². The maximum absolute atomic E-state index is 14.0.